The fourth-order valence-electron chi connectivity index (χ4n) is 2.00. The van der Waals surface area contributed by atoms with Gasteiger partial charge in [-0.25, -0.2) is 5.10 Å². The Kier molecular flexibility index (Phi) is 4.00. The zero-order valence-electron chi connectivity index (χ0n) is 12.3. The van der Waals surface area contributed by atoms with Crippen molar-refractivity contribution < 1.29 is 8.42 Å². The number of rotatable bonds is 4. The predicted octanol–water partition coefficient (Wildman–Crippen LogP) is 2.41. The second-order valence-corrected chi connectivity index (χ2v) is 6.58. The van der Waals surface area contributed by atoms with Crippen LogP contribution in [0.25, 0.3) is 0 Å². The smallest absolute Gasteiger partial charge is 0.295 e. The van der Waals surface area contributed by atoms with Crippen molar-refractivity contribution in [3.8, 4) is 0 Å². The van der Waals surface area contributed by atoms with Crippen LogP contribution in [-0.4, -0.2) is 17.6 Å². The molecular formula is C15H13N5O3S. The number of aromatic nitrogens is 2. The number of azo groups is 1. The van der Waals surface area contributed by atoms with E-state index in [9.17, 15) is 13.2 Å². The van der Waals surface area contributed by atoms with Gasteiger partial charge in [0.2, 0.25) is 0 Å². The molecule has 1 heterocycles. The normalized spacial score (nSPS) is 11.8. The topological polar surface area (TPSA) is 123 Å². The third-order valence-corrected chi connectivity index (χ3v) is 4.82. The van der Waals surface area contributed by atoms with Gasteiger partial charge in [0.25, 0.3) is 15.6 Å². The third kappa shape index (κ3) is 2.84. The summed E-state index contributed by atoms with van der Waals surface area (Å²) in [6.45, 7) is 0. The summed E-state index contributed by atoms with van der Waals surface area (Å²) < 4.78 is 25.7. The van der Waals surface area contributed by atoms with Crippen LogP contribution in [0.5, 0.6) is 0 Å². The van der Waals surface area contributed by atoms with Gasteiger partial charge in [-0.05, 0) is 24.3 Å². The zero-order valence-corrected chi connectivity index (χ0v) is 13.1. The maximum absolute atomic E-state index is 12.5. The van der Waals surface area contributed by atoms with E-state index in [4.69, 9.17) is 5.73 Å². The fourth-order valence-corrected chi connectivity index (χ4v) is 3.26. The SMILES string of the molecule is Nc1c(N=Nc2ccccc2)c(=O)[nH]n1S(=O)(=O)c1ccccc1. The quantitative estimate of drug-likeness (QED) is 0.706. The van der Waals surface area contributed by atoms with Gasteiger partial charge in [-0.2, -0.15) is 17.6 Å². The van der Waals surface area contributed by atoms with Gasteiger partial charge in [-0.3, -0.25) is 4.79 Å². The van der Waals surface area contributed by atoms with Gasteiger partial charge < -0.3 is 5.73 Å². The second kappa shape index (κ2) is 6.13. The van der Waals surface area contributed by atoms with E-state index in [2.05, 4.69) is 15.3 Å². The molecule has 3 N–H and O–H groups in total. The standard InChI is InChI=1S/C15H13N5O3S/c16-14-13(18-17-11-7-3-1-4-8-11)15(21)19-20(14)24(22,23)12-9-5-2-6-10-12/h1-10H,16H2,(H,19,21). The molecule has 122 valence electrons. The van der Waals surface area contributed by atoms with E-state index >= 15 is 0 Å². The number of hydrogen-bond donors (Lipinski definition) is 2. The number of anilines is 1. The van der Waals surface area contributed by atoms with Crippen LogP contribution < -0.4 is 11.3 Å². The van der Waals surface area contributed by atoms with Crippen molar-refractivity contribution in [1.82, 2.24) is 9.19 Å². The van der Waals surface area contributed by atoms with E-state index in [0.29, 0.717) is 9.77 Å². The summed E-state index contributed by atoms with van der Waals surface area (Å²) in [6, 6.07) is 16.3. The molecule has 0 radical (unpaired) electrons. The molecule has 9 heteroatoms. The van der Waals surface area contributed by atoms with Crippen molar-refractivity contribution in [2.24, 2.45) is 10.2 Å². The average Bonchev–Trinajstić information content (AvgIpc) is 2.90. The first-order valence-corrected chi connectivity index (χ1v) is 8.32. The molecular weight excluding hydrogens is 330 g/mol. The Morgan fingerprint density at radius 3 is 2.12 bits per heavy atom. The number of nitrogen functional groups attached to an aromatic ring is 1. The number of H-pyrrole nitrogens is 1. The maximum Gasteiger partial charge on any atom is 0.295 e. The van der Waals surface area contributed by atoms with E-state index in [1.54, 1.807) is 42.5 Å². The highest BCUT2D eigenvalue weighted by Crippen LogP contribution is 2.23. The molecule has 0 spiro atoms. The maximum atomic E-state index is 12.5. The van der Waals surface area contributed by atoms with Gasteiger partial charge >= 0.3 is 0 Å². The van der Waals surface area contributed by atoms with Crippen molar-refractivity contribution in [1.29, 1.82) is 0 Å². The Morgan fingerprint density at radius 1 is 0.917 bits per heavy atom. The highest BCUT2D eigenvalue weighted by Gasteiger charge is 2.23. The summed E-state index contributed by atoms with van der Waals surface area (Å²) in [6.07, 6.45) is 0. The lowest BCUT2D eigenvalue weighted by atomic mass is 10.3. The summed E-state index contributed by atoms with van der Waals surface area (Å²) in [4.78, 5) is 12.0. The first-order valence-electron chi connectivity index (χ1n) is 6.88. The largest absolute Gasteiger partial charge is 0.381 e. The average molecular weight is 343 g/mol. The lowest BCUT2D eigenvalue weighted by Crippen LogP contribution is -2.18. The predicted molar refractivity (Wildman–Crippen MR) is 89.1 cm³/mol. The molecule has 0 saturated carbocycles. The number of hydrogen-bond acceptors (Lipinski definition) is 6. The lowest BCUT2D eigenvalue weighted by Gasteiger charge is -2.06. The van der Waals surface area contributed by atoms with Crippen LogP contribution in [-0.2, 0) is 10.0 Å². The molecule has 3 aromatic rings. The minimum atomic E-state index is -4.02. The van der Waals surface area contributed by atoms with Gasteiger partial charge in [0.1, 0.15) is 0 Å². The van der Waals surface area contributed by atoms with Crippen LogP contribution in [0.3, 0.4) is 0 Å². The van der Waals surface area contributed by atoms with Crippen molar-refractivity contribution in [2.75, 3.05) is 5.73 Å². The van der Waals surface area contributed by atoms with E-state index in [-0.39, 0.29) is 16.4 Å². The summed E-state index contributed by atoms with van der Waals surface area (Å²) in [5.41, 5.74) is 5.29. The Morgan fingerprint density at radius 2 is 1.50 bits per heavy atom. The number of nitrogens with two attached hydrogens (primary N) is 1. The molecule has 0 aliphatic heterocycles. The number of benzene rings is 2. The second-order valence-electron chi connectivity index (χ2n) is 4.79. The third-order valence-electron chi connectivity index (χ3n) is 3.18. The van der Waals surface area contributed by atoms with Crippen molar-refractivity contribution >= 4 is 27.2 Å². The van der Waals surface area contributed by atoms with Gasteiger partial charge in [0.05, 0.1) is 10.6 Å². The van der Waals surface area contributed by atoms with E-state index in [1.165, 1.54) is 12.1 Å². The van der Waals surface area contributed by atoms with Crippen LogP contribution in [0.15, 0.2) is 80.6 Å². The fraction of sp³-hybridized carbons (Fsp3) is 0. The van der Waals surface area contributed by atoms with Crippen LogP contribution in [0, 0.1) is 0 Å². The van der Waals surface area contributed by atoms with Gasteiger partial charge in [-0.15, -0.1) is 5.11 Å². The summed E-state index contributed by atoms with van der Waals surface area (Å²) >= 11 is 0. The molecule has 0 unspecified atom stereocenters. The van der Waals surface area contributed by atoms with Crippen molar-refractivity contribution in [3.63, 3.8) is 0 Å². The van der Waals surface area contributed by atoms with Crippen LogP contribution in [0.4, 0.5) is 17.2 Å². The molecule has 2 aromatic carbocycles. The van der Waals surface area contributed by atoms with Crippen molar-refractivity contribution in [3.05, 3.63) is 71.0 Å². The molecule has 24 heavy (non-hydrogen) atoms. The Hall–Kier alpha value is -3.20. The minimum absolute atomic E-state index is 0.00509. The Balaban J connectivity index is 2.05. The van der Waals surface area contributed by atoms with E-state index in [0.717, 1.165) is 0 Å². The number of nitrogens with zero attached hydrogens (tertiary/aromatic N) is 3. The minimum Gasteiger partial charge on any atom is -0.381 e. The molecule has 0 saturated heterocycles. The summed E-state index contributed by atoms with van der Waals surface area (Å²) in [5.74, 6) is -0.330. The molecule has 1 aromatic heterocycles. The first-order chi connectivity index (χ1) is 11.5. The summed E-state index contributed by atoms with van der Waals surface area (Å²) in [7, 11) is -4.02. The molecule has 0 atom stereocenters. The van der Waals surface area contributed by atoms with Gasteiger partial charge in [0, 0.05) is 0 Å². The molecule has 0 amide bonds. The Bertz CT molecular complexity index is 1040. The highest BCUT2D eigenvalue weighted by molar-refractivity contribution is 7.90. The van der Waals surface area contributed by atoms with E-state index in [1.807, 2.05) is 6.07 Å². The zero-order chi connectivity index (χ0) is 17.2. The van der Waals surface area contributed by atoms with Gasteiger partial charge in [0.15, 0.2) is 11.5 Å². The highest BCUT2D eigenvalue weighted by atomic mass is 32.2. The Labute approximate surface area is 137 Å². The number of aromatic amines is 1. The van der Waals surface area contributed by atoms with Crippen LogP contribution in [0.1, 0.15) is 0 Å². The van der Waals surface area contributed by atoms with Crippen LogP contribution in [0.2, 0.25) is 0 Å². The monoisotopic (exact) mass is 343 g/mol. The molecule has 8 nitrogen and oxygen atoms in total. The van der Waals surface area contributed by atoms with Crippen molar-refractivity contribution in [2.45, 2.75) is 4.90 Å². The molecule has 0 bridgehead atoms. The van der Waals surface area contributed by atoms with E-state index < -0.39 is 15.6 Å². The molecule has 0 aliphatic carbocycles. The molecule has 0 fully saturated rings. The first kappa shape index (κ1) is 15.7. The number of nitrogens with one attached hydrogen (secondary N) is 1. The van der Waals surface area contributed by atoms with Crippen LogP contribution >= 0.6 is 0 Å². The van der Waals surface area contributed by atoms with Gasteiger partial charge in [-0.1, -0.05) is 36.4 Å². The summed E-state index contributed by atoms with van der Waals surface area (Å²) in [5, 5.41) is 9.84. The molecule has 3 rings (SSSR count). The molecule has 0 aliphatic rings. The lowest BCUT2D eigenvalue weighted by molar-refractivity contribution is 0.580.